The van der Waals surface area contributed by atoms with Crippen LogP contribution in [0.25, 0.3) is 0 Å². The summed E-state index contributed by atoms with van der Waals surface area (Å²) in [6, 6.07) is 0.0559. The minimum atomic E-state index is 0.0559. The van der Waals surface area contributed by atoms with E-state index in [9.17, 15) is 0 Å². The van der Waals surface area contributed by atoms with E-state index in [1.165, 1.54) is 0 Å². The maximum absolute atomic E-state index is 5.19. The number of ether oxygens (including phenoxy) is 2. The molecule has 0 aliphatic heterocycles. The van der Waals surface area contributed by atoms with Gasteiger partial charge in [-0.3, -0.25) is 0 Å². The van der Waals surface area contributed by atoms with E-state index in [2.05, 4.69) is 10.2 Å². The van der Waals surface area contributed by atoms with Gasteiger partial charge in [0.15, 0.2) is 0 Å². The number of hydrogen-bond donors (Lipinski definition) is 1. The van der Waals surface area contributed by atoms with Crippen molar-refractivity contribution in [1.29, 1.82) is 0 Å². The fraction of sp³-hybridized carbons (Fsp3) is 0.667. The third-order valence-electron chi connectivity index (χ3n) is 1.14. The zero-order valence-electron chi connectivity index (χ0n) is 6.82. The molecule has 0 spiro atoms. The molecule has 1 aromatic rings. The smallest absolute Gasteiger partial charge is 0.312 e. The fourth-order valence-corrected chi connectivity index (χ4v) is 0.627. The highest BCUT2D eigenvalue weighted by Gasteiger charge is 2.01. The van der Waals surface area contributed by atoms with Gasteiger partial charge in [0, 0.05) is 7.11 Å². The Balaban J connectivity index is 2.15. The molecule has 2 N–H and O–H groups in total. The summed E-state index contributed by atoms with van der Waals surface area (Å²) in [4.78, 5) is 0. The summed E-state index contributed by atoms with van der Waals surface area (Å²) in [5, 5.41) is 7.07. The summed E-state index contributed by atoms with van der Waals surface area (Å²) >= 11 is 0. The number of rotatable bonds is 5. The minimum Gasteiger partial charge on any atom is -0.406 e. The Morgan fingerprint density at radius 3 is 2.83 bits per heavy atom. The predicted molar refractivity (Wildman–Crippen MR) is 40.2 cm³/mol. The second kappa shape index (κ2) is 4.68. The van der Waals surface area contributed by atoms with Gasteiger partial charge in [0.25, 0.3) is 0 Å². The van der Waals surface area contributed by atoms with Crippen molar-refractivity contribution in [3.63, 3.8) is 0 Å². The van der Waals surface area contributed by atoms with Gasteiger partial charge in [-0.2, -0.15) is 0 Å². The van der Waals surface area contributed by atoms with E-state index in [0.29, 0.717) is 19.1 Å². The molecule has 1 aromatic heterocycles. The monoisotopic (exact) mass is 173 g/mol. The van der Waals surface area contributed by atoms with E-state index in [-0.39, 0.29) is 12.6 Å². The summed E-state index contributed by atoms with van der Waals surface area (Å²) in [6.07, 6.45) is 0. The molecule has 0 saturated heterocycles. The Labute approximate surface area is 69.7 Å². The van der Waals surface area contributed by atoms with E-state index in [1.54, 1.807) is 7.11 Å². The summed E-state index contributed by atoms with van der Waals surface area (Å²) in [7, 11) is 1.61. The van der Waals surface area contributed by atoms with E-state index in [0.717, 1.165) is 0 Å². The molecular formula is C6H11N3O3. The Hall–Kier alpha value is -1.14. The van der Waals surface area contributed by atoms with Crippen LogP contribution in [-0.4, -0.2) is 30.5 Å². The molecule has 0 unspecified atom stereocenters. The number of hydrogen-bond acceptors (Lipinski definition) is 6. The third kappa shape index (κ3) is 2.85. The maximum atomic E-state index is 5.19. The first-order valence-electron chi connectivity index (χ1n) is 3.47. The first kappa shape index (κ1) is 8.95. The summed E-state index contributed by atoms with van der Waals surface area (Å²) in [5.74, 6) is 0.378. The standard InChI is InChI=1S/C6H11N3O3/c1-10-2-3-11-4-5-8-9-6(7)12-5/h2-4H2,1H3,(H2,7,9). The quantitative estimate of drug-likeness (QED) is 0.621. The number of methoxy groups -OCH3 is 1. The zero-order chi connectivity index (χ0) is 8.81. The van der Waals surface area contributed by atoms with Crippen LogP contribution in [0.5, 0.6) is 0 Å². The molecule has 1 rings (SSSR count). The molecule has 1 heterocycles. The van der Waals surface area contributed by atoms with Gasteiger partial charge in [-0.05, 0) is 0 Å². The van der Waals surface area contributed by atoms with Gasteiger partial charge >= 0.3 is 6.01 Å². The van der Waals surface area contributed by atoms with Crippen LogP contribution in [0.3, 0.4) is 0 Å². The maximum Gasteiger partial charge on any atom is 0.312 e. The van der Waals surface area contributed by atoms with E-state index in [4.69, 9.17) is 19.6 Å². The highest BCUT2D eigenvalue weighted by molar-refractivity contribution is 5.04. The number of anilines is 1. The van der Waals surface area contributed by atoms with Crippen molar-refractivity contribution >= 4 is 6.01 Å². The number of aromatic nitrogens is 2. The van der Waals surface area contributed by atoms with Gasteiger partial charge < -0.3 is 19.6 Å². The highest BCUT2D eigenvalue weighted by atomic mass is 16.5. The SMILES string of the molecule is COCCOCc1nnc(N)o1. The van der Waals surface area contributed by atoms with Crippen LogP contribution in [0.4, 0.5) is 6.01 Å². The highest BCUT2D eigenvalue weighted by Crippen LogP contribution is 2.01. The molecule has 6 nitrogen and oxygen atoms in total. The second-order valence-corrected chi connectivity index (χ2v) is 2.08. The van der Waals surface area contributed by atoms with Crippen LogP contribution >= 0.6 is 0 Å². The molecule has 0 saturated carbocycles. The Bertz CT molecular complexity index is 226. The fourth-order valence-electron chi connectivity index (χ4n) is 0.627. The van der Waals surface area contributed by atoms with Gasteiger partial charge in [0.2, 0.25) is 5.89 Å². The van der Waals surface area contributed by atoms with E-state index >= 15 is 0 Å². The molecule has 0 aliphatic carbocycles. The van der Waals surface area contributed by atoms with Crippen molar-refractivity contribution < 1.29 is 13.9 Å². The second-order valence-electron chi connectivity index (χ2n) is 2.08. The van der Waals surface area contributed by atoms with Gasteiger partial charge in [-0.15, -0.1) is 5.10 Å². The Morgan fingerprint density at radius 1 is 1.42 bits per heavy atom. The molecule has 0 aromatic carbocycles. The molecule has 6 heteroatoms. The number of nitrogens with zero attached hydrogens (tertiary/aromatic N) is 2. The van der Waals surface area contributed by atoms with Crippen molar-refractivity contribution in [2.45, 2.75) is 6.61 Å². The average molecular weight is 173 g/mol. The molecular weight excluding hydrogens is 162 g/mol. The van der Waals surface area contributed by atoms with Crippen LogP contribution in [0, 0.1) is 0 Å². The Kier molecular flexibility index (Phi) is 3.49. The van der Waals surface area contributed by atoms with Crippen molar-refractivity contribution in [1.82, 2.24) is 10.2 Å². The lowest BCUT2D eigenvalue weighted by atomic mass is 10.7. The predicted octanol–water partition coefficient (Wildman–Crippen LogP) is -0.185. The lowest BCUT2D eigenvalue weighted by Gasteiger charge is -1.98. The molecule has 0 bridgehead atoms. The first-order valence-corrected chi connectivity index (χ1v) is 3.47. The molecule has 12 heavy (non-hydrogen) atoms. The van der Waals surface area contributed by atoms with Crippen molar-refractivity contribution in [3.8, 4) is 0 Å². The van der Waals surface area contributed by atoms with Gasteiger partial charge in [-0.25, -0.2) is 0 Å². The third-order valence-corrected chi connectivity index (χ3v) is 1.14. The van der Waals surface area contributed by atoms with Gasteiger partial charge in [0.05, 0.1) is 13.2 Å². The largest absolute Gasteiger partial charge is 0.406 e. The van der Waals surface area contributed by atoms with E-state index < -0.39 is 0 Å². The van der Waals surface area contributed by atoms with E-state index in [1.807, 2.05) is 0 Å². The van der Waals surface area contributed by atoms with Crippen molar-refractivity contribution in [2.75, 3.05) is 26.1 Å². The van der Waals surface area contributed by atoms with Crippen LogP contribution in [-0.2, 0) is 16.1 Å². The van der Waals surface area contributed by atoms with Gasteiger partial charge in [-0.1, -0.05) is 5.10 Å². The first-order chi connectivity index (χ1) is 5.83. The lowest BCUT2D eigenvalue weighted by Crippen LogP contribution is -2.01. The van der Waals surface area contributed by atoms with Crippen LogP contribution in [0.1, 0.15) is 5.89 Å². The van der Waals surface area contributed by atoms with Crippen LogP contribution in [0.15, 0.2) is 4.42 Å². The normalized spacial score (nSPS) is 10.4. The Morgan fingerprint density at radius 2 is 2.25 bits per heavy atom. The summed E-state index contributed by atoms with van der Waals surface area (Å²) in [5.41, 5.74) is 5.19. The van der Waals surface area contributed by atoms with Crippen molar-refractivity contribution in [3.05, 3.63) is 5.89 Å². The molecule has 0 radical (unpaired) electrons. The molecule has 0 atom stereocenters. The lowest BCUT2D eigenvalue weighted by molar-refractivity contribution is 0.0520. The molecule has 0 aliphatic rings. The molecule has 0 amide bonds. The number of nitrogens with two attached hydrogens (primary N) is 1. The minimum absolute atomic E-state index is 0.0559. The van der Waals surface area contributed by atoms with Crippen LogP contribution < -0.4 is 5.73 Å². The van der Waals surface area contributed by atoms with Crippen molar-refractivity contribution in [2.24, 2.45) is 0 Å². The summed E-state index contributed by atoms with van der Waals surface area (Å²) in [6.45, 7) is 1.32. The summed E-state index contributed by atoms with van der Waals surface area (Å²) < 4.78 is 14.7. The molecule has 0 fully saturated rings. The zero-order valence-corrected chi connectivity index (χ0v) is 6.82. The van der Waals surface area contributed by atoms with Gasteiger partial charge in [0.1, 0.15) is 6.61 Å². The molecule has 68 valence electrons. The van der Waals surface area contributed by atoms with Crippen LogP contribution in [0.2, 0.25) is 0 Å². The number of nitrogen functional groups attached to an aromatic ring is 1. The average Bonchev–Trinajstić information content (AvgIpc) is 2.45. The topological polar surface area (TPSA) is 83.4 Å².